The lowest BCUT2D eigenvalue weighted by Gasteiger charge is -2.45. The van der Waals surface area contributed by atoms with E-state index in [9.17, 15) is 0 Å². The maximum absolute atomic E-state index is 5.41. The summed E-state index contributed by atoms with van der Waals surface area (Å²) in [7, 11) is 0. The standard InChI is InChI=1S/C12H21NO/c1-12(2)6-5-11(12)13-8-10-4-3-7-14-9-10/h4,11,13H,3,5-9H2,1-2H3. The van der Waals surface area contributed by atoms with Crippen LogP contribution in [0, 0.1) is 5.41 Å². The highest BCUT2D eigenvalue weighted by molar-refractivity contribution is 5.08. The van der Waals surface area contributed by atoms with E-state index in [-0.39, 0.29) is 0 Å². The molecule has 2 nitrogen and oxygen atoms in total. The fourth-order valence-electron chi connectivity index (χ4n) is 2.23. The van der Waals surface area contributed by atoms with Gasteiger partial charge in [-0.3, -0.25) is 0 Å². The monoisotopic (exact) mass is 195 g/mol. The highest BCUT2D eigenvalue weighted by Crippen LogP contribution is 2.39. The Morgan fingerprint density at radius 2 is 2.43 bits per heavy atom. The molecule has 1 unspecified atom stereocenters. The Hall–Kier alpha value is -0.340. The van der Waals surface area contributed by atoms with Gasteiger partial charge in [0.15, 0.2) is 0 Å². The first-order valence-corrected chi connectivity index (χ1v) is 5.67. The molecule has 1 saturated carbocycles. The Labute approximate surface area is 86.7 Å². The lowest BCUT2D eigenvalue weighted by Crippen LogP contribution is -2.50. The Morgan fingerprint density at radius 3 is 2.93 bits per heavy atom. The topological polar surface area (TPSA) is 21.3 Å². The highest BCUT2D eigenvalue weighted by Gasteiger charge is 2.37. The van der Waals surface area contributed by atoms with Crippen molar-refractivity contribution in [2.45, 2.75) is 39.2 Å². The highest BCUT2D eigenvalue weighted by atomic mass is 16.5. The van der Waals surface area contributed by atoms with E-state index in [1.54, 1.807) is 0 Å². The first-order valence-electron chi connectivity index (χ1n) is 5.67. The average Bonchev–Trinajstić information content (AvgIpc) is 2.18. The van der Waals surface area contributed by atoms with E-state index in [4.69, 9.17) is 4.74 Å². The number of nitrogens with one attached hydrogen (secondary N) is 1. The van der Waals surface area contributed by atoms with E-state index < -0.39 is 0 Å². The second-order valence-electron chi connectivity index (χ2n) is 5.16. The third-order valence-corrected chi connectivity index (χ3v) is 3.58. The summed E-state index contributed by atoms with van der Waals surface area (Å²) >= 11 is 0. The molecule has 14 heavy (non-hydrogen) atoms. The summed E-state index contributed by atoms with van der Waals surface area (Å²) < 4.78 is 5.41. The van der Waals surface area contributed by atoms with Crippen LogP contribution in [0.3, 0.4) is 0 Å². The van der Waals surface area contributed by atoms with Crippen molar-refractivity contribution in [3.05, 3.63) is 11.6 Å². The third kappa shape index (κ3) is 2.18. The van der Waals surface area contributed by atoms with Crippen molar-refractivity contribution in [2.75, 3.05) is 19.8 Å². The number of hydrogen-bond acceptors (Lipinski definition) is 2. The van der Waals surface area contributed by atoms with Crippen LogP contribution in [0.15, 0.2) is 11.6 Å². The summed E-state index contributed by atoms with van der Waals surface area (Å²) in [6.07, 6.45) is 6.11. The minimum atomic E-state index is 0.510. The van der Waals surface area contributed by atoms with Gasteiger partial charge in [0.25, 0.3) is 0 Å². The first kappa shape index (κ1) is 10.2. The molecule has 0 aromatic heterocycles. The van der Waals surface area contributed by atoms with Crippen LogP contribution < -0.4 is 5.32 Å². The smallest absolute Gasteiger partial charge is 0.0689 e. The van der Waals surface area contributed by atoms with Crippen molar-refractivity contribution >= 4 is 0 Å². The summed E-state index contributed by atoms with van der Waals surface area (Å²) in [5, 5.41) is 3.63. The zero-order chi connectivity index (χ0) is 10.0. The maximum Gasteiger partial charge on any atom is 0.0689 e. The van der Waals surface area contributed by atoms with Gasteiger partial charge in [0.2, 0.25) is 0 Å². The molecule has 1 N–H and O–H groups in total. The molecule has 0 amide bonds. The number of hydrogen-bond donors (Lipinski definition) is 1. The van der Waals surface area contributed by atoms with Crippen LogP contribution in [0.2, 0.25) is 0 Å². The Kier molecular flexibility index (Phi) is 2.93. The molecule has 0 radical (unpaired) electrons. The van der Waals surface area contributed by atoms with Crippen molar-refractivity contribution < 1.29 is 4.74 Å². The largest absolute Gasteiger partial charge is 0.377 e. The van der Waals surface area contributed by atoms with Crippen molar-refractivity contribution in [3.8, 4) is 0 Å². The molecule has 0 spiro atoms. The van der Waals surface area contributed by atoms with Gasteiger partial charge in [0, 0.05) is 12.6 Å². The molecule has 0 bridgehead atoms. The van der Waals surface area contributed by atoms with E-state index in [1.807, 2.05) is 0 Å². The predicted molar refractivity (Wildman–Crippen MR) is 58.3 cm³/mol. The molecular formula is C12H21NO. The van der Waals surface area contributed by atoms with Crippen LogP contribution in [0.4, 0.5) is 0 Å². The Balaban J connectivity index is 1.74. The molecule has 1 aliphatic carbocycles. The zero-order valence-electron chi connectivity index (χ0n) is 9.31. The molecule has 1 aliphatic heterocycles. The third-order valence-electron chi connectivity index (χ3n) is 3.58. The van der Waals surface area contributed by atoms with Crippen LogP contribution in [-0.2, 0) is 4.74 Å². The van der Waals surface area contributed by atoms with Gasteiger partial charge >= 0.3 is 0 Å². The van der Waals surface area contributed by atoms with Gasteiger partial charge in [-0.1, -0.05) is 19.9 Å². The Bertz CT molecular complexity index is 232. The number of ether oxygens (including phenoxy) is 1. The van der Waals surface area contributed by atoms with Crippen molar-refractivity contribution in [3.63, 3.8) is 0 Å². The van der Waals surface area contributed by atoms with E-state index in [1.165, 1.54) is 18.4 Å². The summed E-state index contributed by atoms with van der Waals surface area (Å²) in [4.78, 5) is 0. The van der Waals surface area contributed by atoms with Crippen molar-refractivity contribution in [2.24, 2.45) is 5.41 Å². The van der Waals surface area contributed by atoms with Gasteiger partial charge in [0.1, 0.15) is 0 Å². The fourth-order valence-corrected chi connectivity index (χ4v) is 2.23. The first-order chi connectivity index (χ1) is 6.68. The van der Waals surface area contributed by atoms with Gasteiger partial charge in [-0.05, 0) is 30.3 Å². The van der Waals surface area contributed by atoms with E-state index in [2.05, 4.69) is 25.2 Å². The van der Waals surface area contributed by atoms with E-state index >= 15 is 0 Å². The molecule has 0 saturated heterocycles. The molecule has 2 rings (SSSR count). The average molecular weight is 195 g/mol. The molecule has 1 heterocycles. The summed E-state index contributed by atoms with van der Waals surface area (Å²) in [6, 6.07) is 0.713. The SMILES string of the molecule is CC1(C)CCC1NCC1=CCCOC1. The second kappa shape index (κ2) is 4.03. The number of rotatable bonds is 3. The predicted octanol–water partition coefficient (Wildman–Crippen LogP) is 2.11. The molecule has 2 heteroatoms. The minimum absolute atomic E-state index is 0.510. The quantitative estimate of drug-likeness (QED) is 0.696. The molecule has 0 aromatic rings. The van der Waals surface area contributed by atoms with Crippen LogP contribution in [0.25, 0.3) is 0 Å². The Morgan fingerprint density at radius 1 is 1.57 bits per heavy atom. The van der Waals surface area contributed by atoms with E-state index in [0.29, 0.717) is 11.5 Å². The maximum atomic E-state index is 5.41. The van der Waals surface area contributed by atoms with Crippen LogP contribution in [-0.4, -0.2) is 25.8 Å². The van der Waals surface area contributed by atoms with Gasteiger partial charge in [-0.25, -0.2) is 0 Å². The molecule has 1 fully saturated rings. The molecule has 1 atom stereocenters. The summed E-state index contributed by atoms with van der Waals surface area (Å²) in [5.74, 6) is 0. The van der Waals surface area contributed by atoms with E-state index in [0.717, 1.165) is 26.2 Å². The second-order valence-corrected chi connectivity index (χ2v) is 5.16. The van der Waals surface area contributed by atoms with Gasteiger partial charge < -0.3 is 10.1 Å². The van der Waals surface area contributed by atoms with Crippen molar-refractivity contribution in [1.82, 2.24) is 5.32 Å². The minimum Gasteiger partial charge on any atom is -0.377 e. The van der Waals surface area contributed by atoms with Gasteiger partial charge in [-0.15, -0.1) is 0 Å². The fraction of sp³-hybridized carbons (Fsp3) is 0.833. The van der Waals surface area contributed by atoms with Crippen molar-refractivity contribution in [1.29, 1.82) is 0 Å². The van der Waals surface area contributed by atoms with Gasteiger partial charge in [0.05, 0.1) is 13.2 Å². The molecule has 2 aliphatic rings. The van der Waals surface area contributed by atoms with Crippen LogP contribution >= 0.6 is 0 Å². The summed E-state index contributed by atoms with van der Waals surface area (Å²) in [6.45, 7) is 7.45. The molecular weight excluding hydrogens is 174 g/mol. The van der Waals surface area contributed by atoms with Crippen LogP contribution in [0.1, 0.15) is 33.1 Å². The normalized spacial score (nSPS) is 30.7. The van der Waals surface area contributed by atoms with Gasteiger partial charge in [-0.2, -0.15) is 0 Å². The lowest BCUT2D eigenvalue weighted by molar-refractivity contribution is 0.107. The zero-order valence-corrected chi connectivity index (χ0v) is 9.31. The molecule has 80 valence electrons. The van der Waals surface area contributed by atoms with Crippen LogP contribution in [0.5, 0.6) is 0 Å². The lowest BCUT2D eigenvalue weighted by atomic mass is 9.67. The molecule has 0 aromatic carbocycles. The summed E-state index contributed by atoms with van der Waals surface area (Å²) in [5.41, 5.74) is 1.94.